The zero-order chi connectivity index (χ0) is 18.2. The summed E-state index contributed by atoms with van der Waals surface area (Å²) in [7, 11) is -3.75. The van der Waals surface area contributed by atoms with Crippen molar-refractivity contribution in [2.75, 3.05) is 4.72 Å². The van der Waals surface area contributed by atoms with Crippen LogP contribution in [0.15, 0.2) is 33.6 Å². The first-order valence-corrected chi connectivity index (χ1v) is 9.41. The van der Waals surface area contributed by atoms with Crippen LogP contribution in [0.3, 0.4) is 0 Å². The molecule has 0 radical (unpaired) electrons. The summed E-state index contributed by atoms with van der Waals surface area (Å²) in [5.74, 6) is 0.687. The number of sulfonamides is 1. The average Bonchev–Trinajstić information content (AvgIpc) is 3.11. The van der Waals surface area contributed by atoms with E-state index in [-0.39, 0.29) is 10.8 Å². The van der Waals surface area contributed by atoms with E-state index in [1.165, 1.54) is 0 Å². The lowest BCUT2D eigenvalue weighted by molar-refractivity contribution is 0.531. The fraction of sp³-hybridized carbons (Fsp3) is 0.294. The van der Waals surface area contributed by atoms with Crippen molar-refractivity contribution in [3.8, 4) is 11.6 Å². The van der Waals surface area contributed by atoms with Gasteiger partial charge < -0.3 is 9.40 Å². The van der Waals surface area contributed by atoms with E-state index in [9.17, 15) is 8.42 Å². The summed E-state index contributed by atoms with van der Waals surface area (Å²) in [6, 6.07) is 7.33. The third-order valence-electron chi connectivity index (χ3n) is 3.99. The van der Waals surface area contributed by atoms with Gasteiger partial charge in [0.15, 0.2) is 0 Å². The third kappa shape index (κ3) is 3.30. The standard InChI is InChI=1S/C17H20N4O3S/c1-5-13-6-8-14(9-7-13)21-25(22,23)16-10(2)15(18-11(16)3)17-20-19-12(4)24-17/h6-9,18,21H,5H2,1-4H3. The van der Waals surface area contributed by atoms with Gasteiger partial charge in [-0.05, 0) is 38.0 Å². The molecule has 3 aromatic rings. The zero-order valence-corrected chi connectivity index (χ0v) is 15.4. The Hall–Kier alpha value is -2.61. The molecule has 132 valence electrons. The highest BCUT2D eigenvalue weighted by atomic mass is 32.2. The molecule has 0 saturated carbocycles. The monoisotopic (exact) mass is 360 g/mol. The molecule has 0 aliphatic rings. The molecule has 0 saturated heterocycles. The van der Waals surface area contributed by atoms with Gasteiger partial charge in [-0.15, -0.1) is 10.2 Å². The largest absolute Gasteiger partial charge is 0.420 e. The van der Waals surface area contributed by atoms with Crippen molar-refractivity contribution >= 4 is 15.7 Å². The van der Waals surface area contributed by atoms with E-state index in [2.05, 4.69) is 19.9 Å². The Labute approximate surface area is 146 Å². The average molecular weight is 360 g/mol. The maximum Gasteiger partial charge on any atom is 0.264 e. The summed E-state index contributed by atoms with van der Waals surface area (Å²) in [5.41, 5.74) is 3.23. The van der Waals surface area contributed by atoms with Crippen molar-refractivity contribution in [2.45, 2.75) is 39.0 Å². The highest BCUT2D eigenvalue weighted by molar-refractivity contribution is 7.92. The first-order chi connectivity index (χ1) is 11.8. The van der Waals surface area contributed by atoms with Crippen LogP contribution in [0.4, 0.5) is 5.69 Å². The predicted octanol–water partition coefficient (Wildman–Crippen LogP) is 3.35. The molecule has 0 amide bonds. The highest BCUT2D eigenvalue weighted by Crippen LogP contribution is 2.31. The summed E-state index contributed by atoms with van der Waals surface area (Å²) >= 11 is 0. The van der Waals surface area contributed by atoms with E-state index < -0.39 is 10.0 Å². The molecule has 7 nitrogen and oxygen atoms in total. The number of benzene rings is 1. The van der Waals surface area contributed by atoms with Gasteiger partial charge in [0.2, 0.25) is 5.89 Å². The van der Waals surface area contributed by atoms with E-state index in [1.54, 1.807) is 32.9 Å². The van der Waals surface area contributed by atoms with Gasteiger partial charge in [0.1, 0.15) is 10.6 Å². The van der Waals surface area contributed by atoms with Crippen LogP contribution >= 0.6 is 0 Å². The molecule has 2 heterocycles. The van der Waals surface area contributed by atoms with E-state index in [4.69, 9.17) is 4.42 Å². The van der Waals surface area contributed by atoms with Gasteiger partial charge >= 0.3 is 0 Å². The van der Waals surface area contributed by atoms with Crippen molar-refractivity contribution in [2.24, 2.45) is 0 Å². The first kappa shape index (κ1) is 17.2. The lowest BCUT2D eigenvalue weighted by Crippen LogP contribution is -2.14. The highest BCUT2D eigenvalue weighted by Gasteiger charge is 2.26. The molecule has 8 heteroatoms. The van der Waals surface area contributed by atoms with Crippen LogP contribution in [0.2, 0.25) is 0 Å². The van der Waals surface area contributed by atoms with E-state index >= 15 is 0 Å². The molecule has 2 aromatic heterocycles. The smallest absolute Gasteiger partial charge is 0.264 e. The summed E-state index contributed by atoms with van der Waals surface area (Å²) in [6.07, 6.45) is 0.899. The molecule has 0 fully saturated rings. The van der Waals surface area contributed by atoms with Crippen LogP contribution in [0.5, 0.6) is 0 Å². The Morgan fingerprint density at radius 2 is 1.80 bits per heavy atom. The lowest BCUT2D eigenvalue weighted by atomic mass is 10.2. The van der Waals surface area contributed by atoms with Gasteiger partial charge in [-0.1, -0.05) is 19.1 Å². The summed E-state index contributed by atoms with van der Waals surface area (Å²) in [5, 5.41) is 7.74. The molecule has 2 N–H and O–H groups in total. The molecule has 25 heavy (non-hydrogen) atoms. The Morgan fingerprint density at radius 1 is 1.12 bits per heavy atom. The molecule has 1 aromatic carbocycles. The molecule has 0 unspecified atom stereocenters. The second-order valence-corrected chi connectivity index (χ2v) is 7.48. The number of aryl methyl sites for hydroxylation is 3. The van der Waals surface area contributed by atoms with Crippen molar-refractivity contribution in [3.63, 3.8) is 0 Å². The Morgan fingerprint density at radius 3 is 2.36 bits per heavy atom. The first-order valence-electron chi connectivity index (χ1n) is 7.93. The molecule has 0 aliphatic carbocycles. The molecular formula is C17H20N4O3S. The Bertz CT molecular complexity index is 1000. The third-order valence-corrected chi connectivity index (χ3v) is 5.65. The van der Waals surface area contributed by atoms with Crippen LogP contribution in [-0.2, 0) is 16.4 Å². The van der Waals surface area contributed by atoms with Gasteiger partial charge in [-0.2, -0.15) is 0 Å². The van der Waals surface area contributed by atoms with Gasteiger partial charge in [0.25, 0.3) is 15.9 Å². The molecule has 0 aliphatic heterocycles. The maximum atomic E-state index is 12.8. The number of anilines is 1. The Kier molecular flexibility index (Phi) is 4.38. The summed E-state index contributed by atoms with van der Waals surface area (Å²) < 4.78 is 33.7. The van der Waals surface area contributed by atoms with Gasteiger partial charge in [-0.25, -0.2) is 8.42 Å². The predicted molar refractivity (Wildman–Crippen MR) is 94.9 cm³/mol. The van der Waals surface area contributed by atoms with Crippen molar-refractivity contribution in [1.82, 2.24) is 15.2 Å². The van der Waals surface area contributed by atoms with Crippen molar-refractivity contribution in [1.29, 1.82) is 0 Å². The molecule has 0 atom stereocenters. The van der Waals surface area contributed by atoms with E-state index in [0.717, 1.165) is 12.0 Å². The number of nitrogens with zero attached hydrogens (tertiary/aromatic N) is 2. The second-order valence-electron chi connectivity index (χ2n) is 5.86. The summed E-state index contributed by atoms with van der Waals surface area (Å²) in [6.45, 7) is 7.15. The van der Waals surface area contributed by atoms with Crippen LogP contribution in [0.1, 0.15) is 29.6 Å². The molecule has 0 spiro atoms. The van der Waals surface area contributed by atoms with Gasteiger partial charge in [0, 0.05) is 23.9 Å². The number of rotatable bonds is 5. The zero-order valence-electron chi connectivity index (χ0n) is 14.5. The number of hydrogen-bond donors (Lipinski definition) is 2. The number of nitrogens with one attached hydrogen (secondary N) is 2. The van der Waals surface area contributed by atoms with Crippen LogP contribution in [-0.4, -0.2) is 23.6 Å². The normalized spacial score (nSPS) is 11.7. The number of hydrogen-bond acceptors (Lipinski definition) is 5. The van der Waals surface area contributed by atoms with Crippen molar-refractivity contribution < 1.29 is 12.8 Å². The number of H-pyrrole nitrogens is 1. The maximum absolute atomic E-state index is 12.8. The lowest BCUT2D eigenvalue weighted by Gasteiger charge is -2.09. The minimum Gasteiger partial charge on any atom is -0.420 e. The van der Waals surface area contributed by atoms with Crippen LogP contribution < -0.4 is 4.72 Å². The van der Waals surface area contributed by atoms with Crippen LogP contribution in [0.25, 0.3) is 11.6 Å². The molecule has 0 bridgehead atoms. The quantitative estimate of drug-likeness (QED) is 0.726. The number of aromatic nitrogens is 3. The Balaban J connectivity index is 1.98. The SMILES string of the molecule is CCc1ccc(NS(=O)(=O)c2c(C)[nH]c(-c3nnc(C)o3)c2C)cc1. The number of aromatic amines is 1. The van der Waals surface area contributed by atoms with Gasteiger partial charge in [-0.3, -0.25) is 4.72 Å². The van der Waals surface area contributed by atoms with Crippen molar-refractivity contribution in [3.05, 3.63) is 47.0 Å². The fourth-order valence-electron chi connectivity index (χ4n) is 2.76. The molecular weight excluding hydrogens is 340 g/mol. The topological polar surface area (TPSA) is 101 Å². The second kappa shape index (κ2) is 6.36. The van der Waals surface area contributed by atoms with E-state index in [0.29, 0.717) is 28.5 Å². The summed E-state index contributed by atoms with van der Waals surface area (Å²) in [4.78, 5) is 3.23. The fourth-order valence-corrected chi connectivity index (χ4v) is 4.27. The minimum absolute atomic E-state index is 0.193. The van der Waals surface area contributed by atoms with E-state index in [1.807, 2.05) is 19.1 Å². The van der Waals surface area contributed by atoms with Gasteiger partial charge in [0.05, 0.1) is 0 Å². The minimum atomic E-state index is -3.75. The van der Waals surface area contributed by atoms with Crippen LogP contribution in [0, 0.1) is 20.8 Å². The molecule has 3 rings (SSSR count).